The molecule has 1 heterocycles. The van der Waals surface area contributed by atoms with Crippen molar-refractivity contribution in [1.82, 2.24) is 10.3 Å². The van der Waals surface area contributed by atoms with Crippen LogP contribution in [0.4, 0.5) is 0 Å². The number of methoxy groups -OCH3 is 2. The second-order valence-corrected chi connectivity index (χ2v) is 6.77. The predicted octanol–water partition coefficient (Wildman–Crippen LogP) is 2.35. The number of esters is 2. The molecule has 1 N–H and O–H groups in total. The fourth-order valence-electron chi connectivity index (χ4n) is 2.25. The lowest BCUT2D eigenvalue weighted by Gasteiger charge is -2.05. The van der Waals surface area contributed by atoms with Gasteiger partial charge in [-0.25, -0.2) is 9.78 Å². The van der Waals surface area contributed by atoms with Crippen LogP contribution >= 0.6 is 11.3 Å². The normalized spacial score (nSPS) is 10.2. The second kappa shape index (κ2) is 10.4. The molecule has 0 atom stereocenters. The number of carbonyl (C=O) groups is 3. The van der Waals surface area contributed by atoms with Gasteiger partial charge in [0.25, 0.3) is 5.91 Å². The molecule has 8 nitrogen and oxygen atoms in total. The molecule has 1 aromatic carbocycles. The van der Waals surface area contributed by atoms with E-state index in [9.17, 15) is 14.4 Å². The molecular formula is C19H22N2O6S. The average molecular weight is 406 g/mol. The average Bonchev–Trinajstić information content (AvgIpc) is 3.10. The molecule has 0 unspecified atom stereocenters. The largest absolute Gasteiger partial charge is 0.497 e. The van der Waals surface area contributed by atoms with Crippen LogP contribution in [0.5, 0.6) is 5.75 Å². The Hall–Kier alpha value is -2.94. The minimum Gasteiger partial charge on any atom is -0.497 e. The number of ether oxygens (including phenoxy) is 3. The Kier molecular flexibility index (Phi) is 7.94. The molecule has 2 rings (SSSR count). The maximum Gasteiger partial charge on any atom is 0.350 e. The van der Waals surface area contributed by atoms with Gasteiger partial charge in [-0.15, -0.1) is 11.3 Å². The number of amides is 1. The van der Waals surface area contributed by atoms with Gasteiger partial charge in [-0.3, -0.25) is 9.59 Å². The van der Waals surface area contributed by atoms with Crippen LogP contribution in [0.2, 0.25) is 0 Å². The van der Waals surface area contributed by atoms with Crippen LogP contribution < -0.4 is 10.1 Å². The molecule has 0 radical (unpaired) electrons. The molecule has 9 heteroatoms. The van der Waals surface area contributed by atoms with E-state index in [0.29, 0.717) is 28.5 Å². The summed E-state index contributed by atoms with van der Waals surface area (Å²) in [5, 5.41) is 3.26. The van der Waals surface area contributed by atoms with Gasteiger partial charge in [0.15, 0.2) is 6.61 Å². The minimum absolute atomic E-state index is 0.213. The van der Waals surface area contributed by atoms with Crippen LogP contribution in [0.25, 0.3) is 10.6 Å². The van der Waals surface area contributed by atoms with Gasteiger partial charge in [0.05, 0.1) is 19.9 Å². The highest BCUT2D eigenvalue weighted by Gasteiger charge is 2.18. The molecule has 0 bridgehead atoms. The first-order chi connectivity index (χ1) is 13.4. The van der Waals surface area contributed by atoms with Gasteiger partial charge in [0.1, 0.15) is 15.6 Å². The SMILES string of the molecule is COC(=O)CCCNC(=O)COC(=O)c1sc(-c2ccc(OC)cc2)nc1C. The molecule has 0 aliphatic carbocycles. The smallest absolute Gasteiger partial charge is 0.350 e. The molecule has 1 aromatic heterocycles. The molecular weight excluding hydrogens is 384 g/mol. The molecule has 150 valence electrons. The van der Waals surface area contributed by atoms with Gasteiger partial charge in [-0.2, -0.15) is 0 Å². The Labute approximate surface area is 166 Å². The molecule has 0 spiro atoms. The number of hydrogen-bond acceptors (Lipinski definition) is 8. The number of carbonyl (C=O) groups excluding carboxylic acids is 3. The van der Waals surface area contributed by atoms with Crippen LogP contribution in [-0.4, -0.2) is 50.2 Å². The summed E-state index contributed by atoms with van der Waals surface area (Å²) < 4.78 is 14.7. The van der Waals surface area contributed by atoms with Crippen molar-refractivity contribution >= 4 is 29.2 Å². The molecule has 0 aliphatic heterocycles. The lowest BCUT2D eigenvalue weighted by atomic mass is 10.2. The van der Waals surface area contributed by atoms with Crippen LogP contribution in [0.3, 0.4) is 0 Å². The number of thiazole rings is 1. The number of hydrogen-bond donors (Lipinski definition) is 1. The van der Waals surface area contributed by atoms with E-state index in [1.165, 1.54) is 18.4 Å². The van der Waals surface area contributed by atoms with Crippen molar-refractivity contribution in [2.24, 2.45) is 0 Å². The van der Waals surface area contributed by atoms with E-state index in [2.05, 4.69) is 15.0 Å². The van der Waals surface area contributed by atoms with E-state index >= 15 is 0 Å². The maximum atomic E-state index is 12.3. The standard InChI is InChI=1S/C19H22N2O6S/c1-12-17(28-18(21-12)13-6-8-14(25-2)9-7-13)19(24)27-11-15(22)20-10-4-5-16(23)26-3/h6-9H,4-5,10-11H2,1-3H3,(H,20,22). The van der Waals surface area contributed by atoms with Crippen LogP contribution in [-0.2, 0) is 19.1 Å². The van der Waals surface area contributed by atoms with E-state index in [1.807, 2.05) is 24.3 Å². The van der Waals surface area contributed by atoms with E-state index in [1.54, 1.807) is 14.0 Å². The molecule has 28 heavy (non-hydrogen) atoms. The Bertz CT molecular complexity index is 831. The quantitative estimate of drug-likeness (QED) is 0.503. The number of benzene rings is 1. The van der Waals surface area contributed by atoms with Gasteiger partial charge < -0.3 is 19.5 Å². The predicted molar refractivity (Wildman–Crippen MR) is 103 cm³/mol. The summed E-state index contributed by atoms with van der Waals surface area (Å²) >= 11 is 1.20. The number of nitrogens with zero attached hydrogens (tertiary/aromatic N) is 1. The number of aromatic nitrogens is 1. The van der Waals surface area contributed by atoms with Crippen molar-refractivity contribution < 1.29 is 28.6 Å². The van der Waals surface area contributed by atoms with Crippen LogP contribution in [0, 0.1) is 6.92 Å². The van der Waals surface area contributed by atoms with E-state index in [-0.39, 0.29) is 12.4 Å². The van der Waals surface area contributed by atoms with Gasteiger partial charge in [0, 0.05) is 18.5 Å². The zero-order valence-electron chi connectivity index (χ0n) is 15.9. The van der Waals surface area contributed by atoms with Gasteiger partial charge in [-0.1, -0.05) is 0 Å². The molecule has 0 fully saturated rings. The highest BCUT2D eigenvalue weighted by molar-refractivity contribution is 7.17. The summed E-state index contributed by atoms with van der Waals surface area (Å²) in [7, 11) is 2.90. The van der Waals surface area contributed by atoms with E-state index in [4.69, 9.17) is 9.47 Å². The van der Waals surface area contributed by atoms with Gasteiger partial charge in [0.2, 0.25) is 0 Å². The summed E-state index contributed by atoms with van der Waals surface area (Å²) in [6.07, 6.45) is 0.663. The summed E-state index contributed by atoms with van der Waals surface area (Å²) in [4.78, 5) is 39.7. The van der Waals surface area contributed by atoms with Crippen molar-refractivity contribution in [3.8, 4) is 16.3 Å². The van der Waals surface area contributed by atoms with Gasteiger partial charge in [-0.05, 0) is 37.6 Å². The maximum absolute atomic E-state index is 12.3. The lowest BCUT2D eigenvalue weighted by Crippen LogP contribution is -2.29. The highest BCUT2D eigenvalue weighted by atomic mass is 32.1. The molecule has 0 aliphatic rings. The first kappa shape index (κ1) is 21.4. The number of nitrogens with one attached hydrogen (secondary N) is 1. The Morgan fingerprint density at radius 2 is 1.86 bits per heavy atom. The number of rotatable bonds is 9. The minimum atomic E-state index is -0.598. The van der Waals surface area contributed by atoms with E-state index in [0.717, 1.165) is 11.3 Å². The Morgan fingerprint density at radius 1 is 1.14 bits per heavy atom. The zero-order valence-corrected chi connectivity index (χ0v) is 16.8. The van der Waals surface area contributed by atoms with Crippen molar-refractivity contribution in [3.63, 3.8) is 0 Å². The first-order valence-electron chi connectivity index (χ1n) is 8.57. The molecule has 0 saturated heterocycles. The third-order valence-electron chi connectivity index (χ3n) is 3.76. The Morgan fingerprint density at radius 3 is 2.50 bits per heavy atom. The first-order valence-corrected chi connectivity index (χ1v) is 9.38. The van der Waals surface area contributed by atoms with Crippen molar-refractivity contribution in [2.45, 2.75) is 19.8 Å². The third kappa shape index (κ3) is 6.05. The topological polar surface area (TPSA) is 104 Å². The van der Waals surface area contributed by atoms with E-state index < -0.39 is 18.5 Å². The second-order valence-electron chi connectivity index (χ2n) is 5.77. The van der Waals surface area contributed by atoms with Crippen molar-refractivity contribution in [2.75, 3.05) is 27.4 Å². The van der Waals surface area contributed by atoms with Crippen molar-refractivity contribution in [3.05, 3.63) is 34.8 Å². The van der Waals surface area contributed by atoms with Crippen LogP contribution in [0.1, 0.15) is 28.2 Å². The molecule has 1 amide bonds. The Balaban J connectivity index is 1.86. The summed E-state index contributed by atoms with van der Waals surface area (Å²) in [6.45, 7) is 1.62. The lowest BCUT2D eigenvalue weighted by molar-refractivity contribution is -0.140. The summed E-state index contributed by atoms with van der Waals surface area (Å²) in [6, 6.07) is 7.34. The summed E-state index contributed by atoms with van der Waals surface area (Å²) in [5.74, 6) is -0.640. The van der Waals surface area contributed by atoms with Crippen LogP contribution in [0.15, 0.2) is 24.3 Å². The highest BCUT2D eigenvalue weighted by Crippen LogP contribution is 2.29. The third-order valence-corrected chi connectivity index (χ3v) is 4.95. The van der Waals surface area contributed by atoms with Gasteiger partial charge >= 0.3 is 11.9 Å². The fourth-order valence-corrected chi connectivity index (χ4v) is 3.22. The molecule has 0 saturated carbocycles. The molecule has 2 aromatic rings. The fraction of sp³-hybridized carbons (Fsp3) is 0.368. The summed E-state index contributed by atoms with van der Waals surface area (Å²) in [5.41, 5.74) is 1.40. The van der Waals surface area contributed by atoms with Crippen molar-refractivity contribution in [1.29, 1.82) is 0 Å². The monoisotopic (exact) mass is 406 g/mol. The number of aryl methyl sites for hydroxylation is 1. The zero-order chi connectivity index (χ0) is 20.5.